The zero-order valence-electron chi connectivity index (χ0n) is 9.17. The lowest BCUT2D eigenvalue weighted by Crippen LogP contribution is -2.00. The largest absolute Gasteiger partial charge is 0.384 e. The number of pyridine rings is 1. The standard InChI is InChI=1S/C14H12N2O/c17-14(11-4-7-15-8-5-11)12-3-1-2-10-6-9-16-13(10)12/h1-9,14,16-17H. The summed E-state index contributed by atoms with van der Waals surface area (Å²) < 4.78 is 0. The van der Waals surface area contributed by atoms with Crippen molar-refractivity contribution in [1.29, 1.82) is 0 Å². The van der Waals surface area contributed by atoms with Gasteiger partial charge in [0.15, 0.2) is 0 Å². The molecule has 3 nitrogen and oxygen atoms in total. The van der Waals surface area contributed by atoms with Crippen molar-refractivity contribution in [3.05, 3.63) is 66.1 Å². The number of aromatic amines is 1. The SMILES string of the molecule is OC(c1ccncc1)c1cccc2cc[nH]c12. The van der Waals surface area contributed by atoms with Crippen LogP contribution in [0.15, 0.2) is 55.0 Å². The fourth-order valence-electron chi connectivity index (χ4n) is 2.06. The molecule has 1 unspecified atom stereocenters. The van der Waals surface area contributed by atoms with E-state index in [1.54, 1.807) is 12.4 Å². The van der Waals surface area contributed by atoms with E-state index < -0.39 is 6.10 Å². The highest BCUT2D eigenvalue weighted by atomic mass is 16.3. The number of aliphatic hydroxyl groups is 1. The summed E-state index contributed by atoms with van der Waals surface area (Å²) in [4.78, 5) is 7.12. The molecule has 0 radical (unpaired) electrons. The van der Waals surface area contributed by atoms with Crippen molar-refractivity contribution in [1.82, 2.24) is 9.97 Å². The van der Waals surface area contributed by atoms with E-state index in [2.05, 4.69) is 9.97 Å². The van der Waals surface area contributed by atoms with E-state index in [-0.39, 0.29) is 0 Å². The molecule has 84 valence electrons. The van der Waals surface area contributed by atoms with E-state index in [1.807, 2.05) is 42.6 Å². The molecule has 0 aliphatic rings. The maximum atomic E-state index is 10.4. The Balaban J connectivity index is 2.13. The molecule has 2 heterocycles. The second-order valence-electron chi connectivity index (χ2n) is 3.97. The fraction of sp³-hybridized carbons (Fsp3) is 0.0714. The van der Waals surface area contributed by atoms with Crippen LogP contribution in [0.3, 0.4) is 0 Å². The summed E-state index contributed by atoms with van der Waals surface area (Å²) in [5.41, 5.74) is 2.72. The fourth-order valence-corrected chi connectivity index (χ4v) is 2.06. The monoisotopic (exact) mass is 224 g/mol. The summed E-state index contributed by atoms with van der Waals surface area (Å²) in [7, 11) is 0. The Morgan fingerprint density at radius 3 is 2.71 bits per heavy atom. The molecule has 0 amide bonds. The van der Waals surface area contributed by atoms with Gasteiger partial charge in [-0.05, 0) is 29.1 Å². The van der Waals surface area contributed by atoms with E-state index in [9.17, 15) is 5.11 Å². The Kier molecular flexibility index (Phi) is 2.38. The summed E-state index contributed by atoms with van der Waals surface area (Å²) >= 11 is 0. The molecule has 0 saturated carbocycles. The van der Waals surface area contributed by atoms with Gasteiger partial charge in [0.05, 0.1) is 5.52 Å². The smallest absolute Gasteiger partial charge is 0.106 e. The van der Waals surface area contributed by atoms with Gasteiger partial charge in [-0.1, -0.05) is 18.2 Å². The van der Waals surface area contributed by atoms with Crippen LogP contribution in [0.25, 0.3) is 10.9 Å². The van der Waals surface area contributed by atoms with Gasteiger partial charge in [-0.2, -0.15) is 0 Å². The van der Waals surface area contributed by atoms with Gasteiger partial charge in [-0.15, -0.1) is 0 Å². The molecule has 3 aromatic rings. The Morgan fingerprint density at radius 1 is 1.06 bits per heavy atom. The second kappa shape index (κ2) is 4.03. The van der Waals surface area contributed by atoms with Crippen LogP contribution in [0, 0.1) is 0 Å². The van der Waals surface area contributed by atoms with Crippen molar-refractivity contribution in [3.63, 3.8) is 0 Å². The lowest BCUT2D eigenvalue weighted by Gasteiger charge is -2.12. The third-order valence-electron chi connectivity index (χ3n) is 2.94. The summed E-state index contributed by atoms with van der Waals surface area (Å²) in [6, 6.07) is 11.6. The van der Waals surface area contributed by atoms with E-state index in [0.717, 1.165) is 22.0 Å². The first-order valence-corrected chi connectivity index (χ1v) is 5.50. The third kappa shape index (κ3) is 1.70. The lowest BCUT2D eigenvalue weighted by atomic mass is 10.0. The number of hydrogen-bond acceptors (Lipinski definition) is 2. The normalized spacial score (nSPS) is 12.8. The number of benzene rings is 1. The molecule has 0 spiro atoms. The van der Waals surface area contributed by atoms with Gasteiger partial charge in [0.1, 0.15) is 6.10 Å². The molecular formula is C14H12N2O. The van der Waals surface area contributed by atoms with E-state index in [4.69, 9.17) is 0 Å². The minimum atomic E-state index is -0.625. The highest BCUT2D eigenvalue weighted by Gasteiger charge is 2.13. The minimum absolute atomic E-state index is 0.625. The quantitative estimate of drug-likeness (QED) is 0.703. The molecule has 1 aromatic carbocycles. The maximum Gasteiger partial charge on any atom is 0.106 e. The molecule has 0 aliphatic carbocycles. The lowest BCUT2D eigenvalue weighted by molar-refractivity contribution is 0.221. The summed E-state index contributed by atoms with van der Waals surface area (Å²) in [5, 5.41) is 11.5. The predicted octanol–water partition coefficient (Wildman–Crippen LogP) is 2.64. The number of H-pyrrole nitrogens is 1. The van der Waals surface area contributed by atoms with Gasteiger partial charge in [-0.25, -0.2) is 0 Å². The molecule has 17 heavy (non-hydrogen) atoms. The molecule has 2 aromatic heterocycles. The van der Waals surface area contributed by atoms with Crippen molar-refractivity contribution >= 4 is 10.9 Å². The Bertz CT molecular complexity index is 631. The van der Waals surface area contributed by atoms with Crippen LogP contribution in [-0.4, -0.2) is 15.1 Å². The number of nitrogens with zero attached hydrogens (tertiary/aromatic N) is 1. The van der Waals surface area contributed by atoms with Gasteiger partial charge in [0.25, 0.3) is 0 Å². The van der Waals surface area contributed by atoms with Crippen LogP contribution < -0.4 is 0 Å². The van der Waals surface area contributed by atoms with Crippen molar-refractivity contribution in [2.45, 2.75) is 6.10 Å². The molecule has 3 heteroatoms. The van der Waals surface area contributed by atoms with E-state index in [0.29, 0.717) is 0 Å². The average Bonchev–Trinajstić information content (AvgIpc) is 2.87. The number of aliphatic hydroxyl groups excluding tert-OH is 1. The molecule has 0 aliphatic heterocycles. The maximum absolute atomic E-state index is 10.4. The van der Waals surface area contributed by atoms with Crippen LogP contribution >= 0.6 is 0 Å². The first-order chi connectivity index (χ1) is 8.36. The average molecular weight is 224 g/mol. The Hall–Kier alpha value is -2.13. The highest BCUT2D eigenvalue weighted by molar-refractivity contribution is 5.83. The van der Waals surface area contributed by atoms with Crippen LogP contribution in [0.4, 0.5) is 0 Å². The Labute approximate surface area is 98.8 Å². The first-order valence-electron chi connectivity index (χ1n) is 5.50. The van der Waals surface area contributed by atoms with Crippen molar-refractivity contribution in [2.24, 2.45) is 0 Å². The summed E-state index contributed by atoms with van der Waals surface area (Å²) in [6.07, 6.45) is 4.63. The second-order valence-corrected chi connectivity index (χ2v) is 3.97. The molecule has 1 atom stereocenters. The van der Waals surface area contributed by atoms with E-state index >= 15 is 0 Å². The first kappa shape index (κ1) is 10.1. The number of aromatic nitrogens is 2. The molecule has 2 N–H and O–H groups in total. The van der Waals surface area contributed by atoms with Crippen molar-refractivity contribution in [3.8, 4) is 0 Å². The van der Waals surface area contributed by atoms with Crippen molar-refractivity contribution in [2.75, 3.05) is 0 Å². The van der Waals surface area contributed by atoms with E-state index in [1.165, 1.54) is 0 Å². The number of nitrogens with one attached hydrogen (secondary N) is 1. The number of para-hydroxylation sites is 1. The van der Waals surface area contributed by atoms with Crippen LogP contribution in [0.2, 0.25) is 0 Å². The van der Waals surface area contributed by atoms with Crippen LogP contribution in [0.1, 0.15) is 17.2 Å². The minimum Gasteiger partial charge on any atom is -0.384 e. The van der Waals surface area contributed by atoms with Gasteiger partial charge >= 0.3 is 0 Å². The topological polar surface area (TPSA) is 48.9 Å². The molecule has 0 bridgehead atoms. The molecular weight excluding hydrogens is 212 g/mol. The zero-order chi connectivity index (χ0) is 11.7. The van der Waals surface area contributed by atoms with Crippen LogP contribution in [0.5, 0.6) is 0 Å². The molecule has 0 saturated heterocycles. The van der Waals surface area contributed by atoms with Gasteiger partial charge in [-0.3, -0.25) is 4.98 Å². The zero-order valence-corrected chi connectivity index (χ0v) is 9.17. The van der Waals surface area contributed by atoms with Gasteiger partial charge in [0.2, 0.25) is 0 Å². The number of hydrogen-bond donors (Lipinski definition) is 2. The van der Waals surface area contributed by atoms with Gasteiger partial charge in [0, 0.05) is 24.2 Å². The molecule has 0 fully saturated rings. The van der Waals surface area contributed by atoms with Gasteiger partial charge < -0.3 is 10.1 Å². The number of rotatable bonds is 2. The number of fused-ring (bicyclic) bond motifs is 1. The van der Waals surface area contributed by atoms with Crippen molar-refractivity contribution < 1.29 is 5.11 Å². The van der Waals surface area contributed by atoms with Crippen LogP contribution in [-0.2, 0) is 0 Å². The molecule has 3 rings (SSSR count). The highest BCUT2D eigenvalue weighted by Crippen LogP contribution is 2.27. The third-order valence-corrected chi connectivity index (χ3v) is 2.94. The Morgan fingerprint density at radius 2 is 1.88 bits per heavy atom. The summed E-state index contributed by atoms with van der Waals surface area (Å²) in [6.45, 7) is 0. The summed E-state index contributed by atoms with van der Waals surface area (Å²) in [5.74, 6) is 0. The predicted molar refractivity (Wildman–Crippen MR) is 66.6 cm³/mol.